The highest BCUT2D eigenvalue weighted by atomic mass is 16.5. The fourth-order valence-corrected chi connectivity index (χ4v) is 7.14. The molecule has 0 fully saturated rings. The summed E-state index contributed by atoms with van der Waals surface area (Å²) in [7, 11) is 2.15. The van der Waals surface area contributed by atoms with Gasteiger partial charge >= 0.3 is 11.9 Å². The van der Waals surface area contributed by atoms with Gasteiger partial charge in [-0.05, 0) is 97.2 Å². The molecule has 51 heavy (non-hydrogen) atoms. The molecule has 0 amide bonds. The van der Waals surface area contributed by atoms with Crippen molar-refractivity contribution in [1.29, 1.82) is 0 Å². The molecule has 7 nitrogen and oxygen atoms in total. The minimum Gasteiger partial charge on any atom is -0.462 e. The van der Waals surface area contributed by atoms with Crippen LogP contribution in [0.2, 0.25) is 0 Å². The van der Waals surface area contributed by atoms with Gasteiger partial charge in [0.05, 0.1) is 6.17 Å². The van der Waals surface area contributed by atoms with Crippen molar-refractivity contribution >= 4 is 11.9 Å². The van der Waals surface area contributed by atoms with E-state index in [-0.39, 0.29) is 24.1 Å². The highest BCUT2D eigenvalue weighted by Gasteiger charge is 2.18. The number of unbranched alkanes of at least 4 members (excludes halogenated alkanes) is 14. The van der Waals surface area contributed by atoms with E-state index in [0.29, 0.717) is 19.0 Å². The molecule has 1 heterocycles. The Morgan fingerprint density at radius 2 is 0.961 bits per heavy atom. The molecule has 0 aliphatic carbocycles. The lowest BCUT2D eigenvalue weighted by molar-refractivity contribution is -0.151. The lowest BCUT2D eigenvalue weighted by Crippen LogP contribution is -2.36. The highest BCUT2D eigenvalue weighted by Crippen LogP contribution is 2.18. The predicted octanol–water partition coefficient (Wildman–Crippen LogP) is 11.8. The van der Waals surface area contributed by atoms with Crippen molar-refractivity contribution in [2.24, 2.45) is 0 Å². The monoisotopic (exact) mass is 720 g/mol. The second kappa shape index (κ2) is 32.9. The molecule has 300 valence electrons. The molecular formula is C44H85N3O4. The van der Waals surface area contributed by atoms with Gasteiger partial charge in [0.2, 0.25) is 0 Å². The Morgan fingerprint density at radius 3 is 1.39 bits per heavy atom. The van der Waals surface area contributed by atoms with Crippen LogP contribution in [0.1, 0.15) is 208 Å². The Morgan fingerprint density at radius 1 is 0.549 bits per heavy atom. The summed E-state index contributed by atoms with van der Waals surface area (Å²) < 4.78 is 11.8. The van der Waals surface area contributed by atoms with Crippen LogP contribution in [-0.4, -0.2) is 78.2 Å². The molecule has 0 bridgehead atoms. The van der Waals surface area contributed by atoms with Gasteiger partial charge in [-0.15, -0.1) is 0 Å². The molecule has 0 aromatic heterocycles. The van der Waals surface area contributed by atoms with Gasteiger partial charge in [-0.2, -0.15) is 0 Å². The van der Waals surface area contributed by atoms with E-state index in [2.05, 4.69) is 68.8 Å². The third-order valence-corrected chi connectivity index (χ3v) is 10.8. The van der Waals surface area contributed by atoms with Gasteiger partial charge in [0.25, 0.3) is 0 Å². The molecule has 0 aromatic carbocycles. The molecule has 0 N–H and O–H groups in total. The summed E-state index contributed by atoms with van der Waals surface area (Å²) in [6.45, 7) is 15.7. The number of ether oxygens (including phenoxy) is 2. The standard InChI is InChI=1S/C44H85N3O4/c1-7-11-21-30-41(28-13-9-3)50-43(48)32-23-17-15-19-25-34-46(36-27-37-47-39-38-45(6)40(47)5)35-26-20-16-18-24-33-44(49)51-42(29-14-10-4)31-22-12-8-2/h38-42H,7-37H2,1-6H3. The van der Waals surface area contributed by atoms with Crippen LogP contribution in [-0.2, 0) is 19.1 Å². The fraction of sp³-hybridized carbons (Fsp3) is 0.909. The smallest absolute Gasteiger partial charge is 0.306 e. The van der Waals surface area contributed by atoms with Crippen molar-refractivity contribution in [3.8, 4) is 0 Å². The first kappa shape index (κ1) is 47.3. The Hall–Kier alpha value is -1.76. The Kier molecular flexibility index (Phi) is 30.4. The van der Waals surface area contributed by atoms with Crippen LogP contribution in [0.3, 0.4) is 0 Å². The lowest BCUT2D eigenvalue weighted by Gasteiger charge is -2.28. The number of hydrogen-bond donors (Lipinski definition) is 0. The molecule has 0 aromatic rings. The first-order chi connectivity index (χ1) is 24.8. The first-order valence-corrected chi connectivity index (χ1v) is 22.1. The van der Waals surface area contributed by atoms with Crippen LogP contribution in [0.15, 0.2) is 12.4 Å². The lowest BCUT2D eigenvalue weighted by atomic mass is 10.1. The second-order valence-corrected chi connectivity index (χ2v) is 15.6. The van der Waals surface area contributed by atoms with Gasteiger partial charge in [-0.1, -0.05) is 118 Å². The molecule has 0 saturated heterocycles. The normalized spacial score (nSPS) is 15.5. The SMILES string of the molecule is CCCCCC(CCCC)OC(=O)CCCCCCCN(CCCCCCCC(=O)OC(CCCC)CCCCC)CCCN1C=CN(C)C1C. The topological polar surface area (TPSA) is 62.3 Å². The zero-order valence-corrected chi connectivity index (χ0v) is 34.8. The van der Waals surface area contributed by atoms with Crippen molar-refractivity contribution in [1.82, 2.24) is 14.7 Å². The molecule has 1 aliphatic heterocycles. The molecule has 0 radical (unpaired) electrons. The van der Waals surface area contributed by atoms with Crippen molar-refractivity contribution in [3.63, 3.8) is 0 Å². The van der Waals surface area contributed by atoms with E-state index in [1.165, 1.54) is 70.6 Å². The summed E-state index contributed by atoms with van der Waals surface area (Å²) in [6.07, 6.45) is 34.7. The van der Waals surface area contributed by atoms with E-state index >= 15 is 0 Å². The second-order valence-electron chi connectivity index (χ2n) is 15.6. The number of hydrogen-bond acceptors (Lipinski definition) is 7. The maximum absolute atomic E-state index is 12.5. The summed E-state index contributed by atoms with van der Waals surface area (Å²) in [4.78, 5) is 32.5. The van der Waals surface area contributed by atoms with E-state index in [4.69, 9.17) is 9.47 Å². The van der Waals surface area contributed by atoms with Crippen LogP contribution < -0.4 is 0 Å². The quantitative estimate of drug-likeness (QED) is 0.0472. The van der Waals surface area contributed by atoms with Crippen molar-refractivity contribution in [3.05, 3.63) is 12.4 Å². The van der Waals surface area contributed by atoms with Gasteiger partial charge in [0.15, 0.2) is 0 Å². The van der Waals surface area contributed by atoms with Gasteiger partial charge in [0, 0.05) is 38.8 Å². The zero-order chi connectivity index (χ0) is 37.4. The molecule has 0 spiro atoms. The summed E-state index contributed by atoms with van der Waals surface area (Å²) in [5.41, 5.74) is 0. The van der Waals surface area contributed by atoms with Gasteiger partial charge in [-0.3, -0.25) is 9.59 Å². The number of rotatable bonds is 36. The summed E-state index contributed by atoms with van der Waals surface area (Å²) >= 11 is 0. The van der Waals surface area contributed by atoms with E-state index < -0.39 is 0 Å². The molecular weight excluding hydrogens is 635 g/mol. The van der Waals surface area contributed by atoms with E-state index in [1.54, 1.807) is 0 Å². The fourth-order valence-electron chi connectivity index (χ4n) is 7.14. The van der Waals surface area contributed by atoms with Gasteiger partial charge in [0.1, 0.15) is 12.2 Å². The minimum atomic E-state index is 0.0147. The van der Waals surface area contributed by atoms with Crippen LogP contribution in [0.25, 0.3) is 0 Å². The largest absolute Gasteiger partial charge is 0.462 e. The van der Waals surface area contributed by atoms with E-state index in [9.17, 15) is 9.59 Å². The minimum absolute atomic E-state index is 0.0147. The molecule has 0 saturated carbocycles. The number of nitrogens with zero attached hydrogens (tertiary/aromatic N) is 3. The van der Waals surface area contributed by atoms with Gasteiger partial charge in [-0.25, -0.2) is 0 Å². The van der Waals surface area contributed by atoms with Crippen LogP contribution in [0.5, 0.6) is 0 Å². The molecule has 3 unspecified atom stereocenters. The summed E-state index contributed by atoms with van der Waals surface area (Å²) in [6, 6.07) is 0. The third kappa shape index (κ3) is 25.8. The first-order valence-electron chi connectivity index (χ1n) is 22.1. The Bertz CT molecular complexity index is 802. The number of carbonyl (C=O) groups excluding carboxylic acids is 2. The van der Waals surface area contributed by atoms with Crippen LogP contribution in [0.4, 0.5) is 0 Å². The number of carbonyl (C=O) groups is 2. The Labute approximate surface area is 317 Å². The predicted molar refractivity (Wildman–Crippen MR) is 217 cm³/mol. The molecule has 1 aliphatic rings. The molecule has 3 atom stereocenters. The summed E-state index contributed by atoms with van der Waals surface area (Å²) in [5.74, 6) is 0.0295. The zero-order valence-electron chi connectivity index (χ0n) is 34.8. The maximum atomic E-state index is 12.5. The van der Waals surface area contributed by atoms with Crippen molar-refractivity contribution in [2.75, 3.05) is 33.2 Å². The molecule has 1 rings (SSSR count). The summed E-state index contributed by atoms with van der Waals surface area (Å²) in [5, 5.41) is 0. The van der Waals surface area contributed by atoms with Crippen LogP contribution >= 0.6 is 0 Å². The molecule has 7 heteroatoms. The highest BCUT2D eigenvalue weighted by molar-refractivity contribution is 5.69. The van der Waals surface area contributed by atoms with Crippen LogP contribution in [0, 0.1) is 0 Å². The van der Waals surface area contributed by atoms with E-state index in [1.807, 2.05) is 0 Å². The van der Waals surface area contributed by atoms with Crippen molar-refractivity contribution < 1.29 is 19.1 Å². The number of esters is 2. The third-order valence-electron chi connectivity index (χ3n) is 10.8. The van der Waals surface area contributed by atoms with E-state index in [0.717, 1.165) is 116 Å². The average molecular weight is 720 g/mol. The van der Waals surface area contributed by atoms with Crippen molar-refractivity contribution in [2.45, 2.75) is 226 Å². The Balaban J connectivity index is 2.33. The maximum Gasteiger partial charge on any atom is 0.306 e. The van der Waals surface area contributed by atoms with Gasteiger partial charge < -0.3 is 24.2 Å². The average Bonchev–Trinajstić information content (AvgIpc) is 3.44.